The van der Waals surface area contributed by atoms with Crippen LogP contribution >= 0.6 is 0 Å². The third-order valence-corrected chi connectivity index (χ3v) is 3.94. The van der Waals surface area contributed by atoms with E-state index in [0.717, 1.165) is 24.3 Å². The normalized spacial score (nSPS) is 19.1. The van der Waals surface area contributed by atoms with Crippen LogP contribution in [0.1, 0.15) is 18.4 Å². The van der Waals surface area contributed by atoms with Crippen molar-refractivity contribution in [2.24, 2.45) is 5.73 Å². The minimum atomic E-state index is -0.0641. The van der Waals surface area contributed by atoms with E-state index in [-0.39, 0.29) is 6.03 Å². The highest BCUT2D eigenvalue weighted by Crippen LogP contribution is 2.16. The Kier molecular flexibility index (Phi) is 4.98. The number of hydrogen-bond acceptors (Lipinski definition) is 3. The van der Waals surface area contributed by atoms with Crippen molar-refractivity contribution in [2.75, 3.05) is 32.5 Å². The highest BCUT2D eigenvalue weighted by Gasteiger charge is 2.23. The van der Waals surface area contributed by atoms with Crippen molar-refractivity contribution in [3.05, 3.63) is 29.8 Å². The Morgan fingerprint density at radius 2 is 2.15 bits per heavy atom. The van der Waals surface area contributed by atoms with E-state index in [1.165, 1.54) is 12.8 Å². The largest absolute Gasteiger partial charge is 0.326 e. The maximum Gasteiger partial charge on any atom is 0.321 e. The third-order valence-electron chi connectivity index (χ3n) is 3.94. The van der Waals surface area contributed by atoms with E-state index in [1.807, 2.05) is 31.3 Å². The third kappa shape index (κ3) is 3.71. The van der Waals surface area contributed by atoms with Gasteiger partial charge in [-0.25, -0.2) is 4.79 Å². The maximum absolute atomic E-state index is 12.1. The van der Waals surface area contributed by atoms with Crippen molar-refractivity contribution in [3.63, 3.8) is 0 Å². The first-order valence-electron chi connectivity index (χ1n) is 7.11. The van der Waals surface area contributed by atoms with Gasteiger partial charge in [-0.1, -0.05) is 12.1 Å². The molecule has 5 nitrogen and oxygen atoms in total. The number of benzene rings is 1. The minimum Gasteiger partial charge on any atom is -0.326 e. The average molecular weight is 276 g/mol. The first kappa shape index (κ1) is 14.8. The van der Waals surface area contributed by atoms with Crippen molar-refractivity contribution >= 4 is 11.7 Å². The van der Waals surface area contributed by atoms with Crippen LogP contribution in [0.3, 0.4) is 0 Å². The van der Waals surface area contributed by atoms with Crippen molar-refractivity contribution in [3.8, 4) is 0 Å². The molecule has 3 N–H and O–H groups in total. The Balaban J connectivity index is 1.86. The van der Waals surface area contributed by atoms with Crippen LogP contribution in [0.2, 0.25) is 0 Å². The van der Waals surface area contributed by atoms with E-state index in [9.17, 15) is 4.79 Å². The van der Waals surface area contributed by atoms with Crippen LogP contribution < -0.4 is 11.1 Å². The van der Waals surface area contributed by atoms with E-state index < -0.39 is 0 Å². The lowest BCUT2D eigenvalue weighted by atomic mass is 10.2. The van der Waals surface area contributed by atoms with Gasteiger partial charge in [0, 0.05) is 31.9 Å². The topological polar surface area (TPSA) is 61.6 Å². The predicted octanol–water partition coefficient (Wildman–Crippen LogP) is 1.70. The zero-order valence-electron chi connectivity index (χ0n) is 12.3. The molecule has 1 atom stereocenters. The number of carbonyl (C=O) groups excluding carboxylic acids is 1. The number of hydrogen-bond donors (Lipinski definition) is 2. The first-order chi connectivity index (χ1) is 9.60. The van der Waals surface area contributed by atoms with E-state index >= 15 is 0 Å². The molecule has 110 valence electrons. The highest BCUT2D eigenvalue weighted by atomic mass is 16.2. The van der Waals surface area contributed by atoms with Gasteiger partial charge in [-0.05, 0) is 44.1 Å². The van der Waals surface area contributed by atoms with Gasteiger partial charge in [0.15, 0.2) is 0 Å². The Morgan fingerprint density at radius 1 is 1.45 bits per heavy atom. The molecule has 1 aromatic rings. The van der Waals surface area contributed by atoms with Gasteiger partial charge in [-0.15, -0.1) is 0 Å². The molecule has 1 aromatic carbocycles. The number of urea groups is 1. The number of likely N-dealkylation sites (N-methyl/N-ethyl adjacent to an activating group) is 2. The van der Waals surface area contributed by atoms with Gasteiger partial charge in [-0.2, -0.15) is 0 Å². The zero-order valence-corrected chi connectivity index (χ0v) is 12.3. The molecule has 0 bridgehead atoms. The van der Waals surface area contributed by atoms with E-state index in [2.05, 4.69) is 17.3 Å². The fourth-order valence-corrected chi connectivity index (χ4v) is 2.55. The zero-order chi connectivity index (χ0) is 14.5. The molecule has 1 aliphatic rings. The van der Waals surface area contributed by atoms with Crippen molar-refractivity contribution in [1.82, 2.24) is 9.80 Å². The Labute approximate surface area is 120 Å². The molecule has 1 fully saturated rings. The quantitative estimate of drug-likeness (QED) is 0.880. The summed E-state index contributed by atoms with van der Waals surface area (Å²) in [5, 5.41) is 2.91. The lowest BCUT2D eigenvalue weighted by Gasteiger charge is -2.26. The molecular weight excluding hydrogens is 252 g/mol. The lowest BCUT2D eigenvalue weighted by Crippen LogP contribution is -2.41. The smallest absolute Gasteiger partial charge is 0.321 e. The molecule has 5 heteroatoms. The summed E-state index contributed by atoms with van der Waals surface area (Å²) in [6.45, 7) is 2.41. The number of nitrogens with two attached hydrogens (primary N) is 1. The number of carbonyl (C=O) groups is 1. The molecule has 0 spiro atoms. The summed E-state index contributed by atoms with van der Waals surface area (Å²) in [4.78, 5) is 16.2. The molecule has 1 unspecified atom stereocenters. The summed E-state index contributed by atoms with van der Waals surface area (Å²) in [7, 11) is 3.96. The van der Waals surface area contributed by atoms with Gasteiger partial charge in [0.1, 0.15) is 0 Å². The van der Waals surface area contributed by atoms with Crippen molar-refractivity contribution in [1.29, 1.82) is 0 Å². The summed E-state index contributed by atoms with van der Waals surface area (Å²) in [6, 6.07) is 8.04. The van der Waals surface area contributed by atoms with Gasteiger partial charge in [0.05, 0.1) is 0 Å². The Morgan fingerprint density at radius 3 is 2.70 bits per heavy atom. The monoisotopic (exact) mass is 276 g/mol. The van der Waals surface area contributed by atoms with Gasteiger partial charge in [0.2, 0.25) is 0 Å². The van der Waals surface area contributed by atoms with Gasteiger partial charge in [-0.3, -0.25) is 0 Å². The molecule has 0 aliphatic carbocycles. The molecule has 1 aliphatic heterocycles. The molecular formula is C15H24N4O. The number of nitrogens with zero attached hydrogens (tertiary/aromatic N) is 2. The second kappa shape index (κ2) is 6.72. The van der Waals surface area contributed by atoms with Crippen LogP contribution in [0, 0.1) is 0 Å². The van der Waals surface area contributed by atoms with Gasteiger partial charge >= 0.3 is 6.03 Å². The van der Waals surface area contributed by atoms with Crippen LogP contribution in [-0.2, 0) is 6.54 Å². The number of anilines is 1. The van der Waals surface area contributed by atoms with Crippen LogP contribution in [-0.4, -0.2) is 49.1 Å². The Bertz CT molecular complexity index is 446. The predicted molar refractivity (Wildman–Crippen MR) is 81.6 cm³/mol. The second-order valence-electron chi connectivity index (χ2n) is 5.49. The minimum absolute atomic E-state index is 0.0641. The Hall–Kier alpha value is -1.59. The number of likely N-dealkylation sites (tertiary alicyclic amines) is 1. The molecule has 0 radical (unpaired) electrons. The van der Waals surface area contributed by atoms with Crippen molar-refractivity contribution in [2.45, 2.75) is 25.4 Å². The molecule has 1 saturated heterocycles. The number of nitrogens with one attached hydrogen (secondary N) is 1. The van der Waals surface area contributed by atoms with Gasteiger partial charge < -0.3 is 20.9 Å². The summed E-state index contributed by atoms with van der Waals surface area (Å²) in [5.41, 5.74) is 7.42. The summed E-state index contributed by atoms with van der Waals surface area (Å²) in [6.07, 6.45) is 2.39. The lowest BCUT2D eigenvalue weighted by molar-refractivity contribution is 0.201. The summed E-state index contributed by atoms with van der Waals surface area (Å²) in [5.74, 6) is 0. The fraction of sp³-hybridized carbons (Fsp3) is 0.533. The summed E-state index contributed by atoms with van der Waals surface area (Å²) < 4.78 is 0. The van der Waals surface area contributed by atoms with E-state index in [1.54, 1.807) is 4.90 Å². The second-order valence-corrected chi connectivity index (χ2v) is 5.49. The number of amides is 2. The van der Waals surface area contributed by atoms with E-state index in [4.69, 9.17) is 5.73 Å². The molecule has 0 saturated carbocycles. The van der Waals surface area contributed by atoms with E-state index in [0.29, 0.717) is 12.6 Å². The van der Waals surface area contributed by atoms with Crippen LogP contribution in [0.15, 0.2) is 24.3 Å². The molecule has 1 heterocycles. The summed E-state index contributed by atoms with van der Waals surface area (Å²) >= 11 is 0. The molecule has 2 rings (SSSR count). The number of rotatable bonds is 4. The molecule has 20 heavy (non-hydrogen) atoms. The van der Waals surface area contributed by atoms with Crippen LogP contribution in [0.5, 0.6) is 0 Å². The highest BCUT2D eigenvalue weighted by molar-refractivity contribution is 5.89. The molecule has 2 amide bonds. The van der Waals surface area contributed by atoms with Crippen LogP contribution in [0.4, 0.5) is 10.5 Å². The fourth-order valence-electron chi connectivity index (χ4n) is 2.55. The van der Waals surface area contributed by atoms with Crippen LogP contribution in [0.25, 0.3) is 0 Å². The molecule has 0 aromatic heterocycles. The SMILES string of the molecule is CN(CC1CCCN1C)C(=O)Nc1ccc(CN)cc1. The maximum atomic E-state index is 12.1. The average Bonchev–Trinajstić information content (AvgIpc) is 2.85. The standard InChI is InChI=1S/C15H24N4O/c1-18-9-3-4-14(18)11-19(2)15(20)17-13-7-5-12(10-16)6-8-13/h5-8,14H,3-4,9-11,16H2,1-2H3,(H,17,20). The van der Waals surface area contributed by atoms with Gasteiger partial charge in [0.25, 0.3) is 0 Å². The first-order valence-corrected chi connectivity index (χ1v) is 7.11. The van der Waals surface area contributed by atoms with Crippen molar-refractivity contribution < 1.29 is 4.79 Å².